The summed E-state index contributed by atoms with van der Waals surface area (Å²) in [4.78, 5) is 12.4. The monoisotopic (exact) mass is 725 g/mol. The summed E-state index contributed by atoms with van der Waals surface area (Å²) in [5, 5.41) is 78.2. The van der Waals surface area contributed by atoms with E-state index in [1.165, 1.54) is 6.92 Å². The van der Waals surface area contributed by atoms with Crippen LogP contribution in [0.2, 0.25) is 0 Å². The molecule has 4 rings (SSSR count). The minimum absolute atomic E-state index is 0.0100. The number of nitrogens with one attached hydrogen (secondary N) is 1. The fourth-order valence-electron chi connectivity index (χ4n) is 7.07. The van der Waals surface area contributed by atoms with E-state index in [-0.39, 0.29) is 44.3 Å². The maximum absolute atomic E-state index is 12.4. The van der Waals surface area contributed by atoms with Gasteiger partial charge in [-0.15, -0.1) is 0 Å². The summed E-state index contributed by atoms with van der Waals surface area (Å²) in [5.74, 6) is -0.610. The minimum Gasteiger partial charge on any atom is -0.394 e. The average molecular weight is 726 g/mol. The molecule has 2 aliphatic carbocycles. The maximum atomic E-state index is 12.4. The summed E-state index contributed by atoms with van der Waals surface area (Å²) >= 11 is 0. The van der Waals surface area contributed by atoms with Crippen molar-refractivity contribution in [1.82, 2.24) is 5.32 Å². The molecule has 4 aliphatic rings. The summed E-state index contributed by atoms with van der Waals surface area (Å²) in [7, 11) is 0. The smallest absolute Gasteiger partial charge is 0.221 e. The van der Waals surface area contributed by atoms with Crippen LogP contribution in [0.25, 0.3) is 0 Å². The van der Waals surface area contributed by atoms with Crippen LogP contribution in [0.4, 0.5) is 0 Å². The van der Waals surface area contributed by atoms with Crippen molar-refractivity contribution < 1.29 is 64.2 Å². The molecule has 0 radical (unpaired) electrons. The lowest BCUT2D eigenvalue weighted by molar-refractivity contribution is -0.307. The highest BCUT2D eigenvalue weighted by molar-refractivity contribution is 5.76. The van der Waals surface area contributed by atoms with Gasteiger partial charge in [0, 0.05) is 31.5 Å². The van der Waals surface area contributed by atoms with Crippen LogP contribution in [0.1, 0.15) is 32.6 Å². The third-order valence-electron chi connectivity index (χ3n) is 10.4. The highest BCUT2D eigenvalue weighted by Gasteiger charge is 2.54. The number of aliphatic hydroxyl groups is 7. The first-order valence-corrected chi connectivity index (χ1v) is 17.3. The summed E-state index contributed by atoms with van der Waals surface area (Å²) in [6, 6.07) is -4.31. The molecule has 0 spiro atoms. The quantitative estimate of drug-likeness (QED) is 0.0662. The summed E-state index contributed by atoms with van der Waals surface area (Å²) in [6.45, 7) is 0.927. The molecule has 2 aliphatic heterocycles. The van der Waals surface area contributed by atoms with Crippen molar-refractivity contribution >= 4 is 5.91 Å². The van der Waals surface area contributed by atoms with E-state index in [9.17, 15) is 40.5 Å². The van der Waals surface area contributed by atoms with E-state index in [0.29, 0.717) is 0 Å². The molecule has 19 atom stereocenters. The molecule has 2 heterocycles. The summed E-state index contributed by atoms with van der Waals surface area (Å²) in [5.41, 5.74) is 35.9. The van der Waals surface area contributed by atoms with Crippen molar-refractivity contribution in [3.8, 4) is 0 Å². The Hall–Kier alpha value is -1.25. The third kappa shape index (κ3) is 9.27. The average Bonchev–Trinajstić information content (AvgIpc) is 3.89. The molecule has 0 aromatic carbocycles. The number of aliphatic hydroxyl groups excluding tert-OH is 7. The Balaban J connectivity index is 1.51. The van der Waals surface area contributed by atoms with Crippen LogP contribution in [-0.4, -0.2) is 178 Å². The van der Waals surface area contributed by atoms with Gasteiger partial charge in [0.05, 0.1) is 43.0 Å². The van der Waals surface area contributed by atoms with Crippen LogP contribution in [0, 0.1) is 11.8 Å². The second-order valence-corrected chi connectivity index (χ2v) is 14.0. The molecule has 2 saturated carbocycles. The first kappa shape index (κ1) is 41.5. The zero-order valence-corrected chi connectivity index (χ0v) is 28.2. The fourth-order valence-corrected chi connectivity index (χ4v) is 7.07. The number of carbonyl (C=O) groups excluding carboxylic acids is 1. The van der Waals surface area contributed by atoms with E-state index in [1.807, 2.05) is 0 Å². The van der Waals surface area contributed by atoms with Crippen LogP contribution in [0.15, 0.2) is 0 Å². The minimum atomic E-state index is -1.60. The molecule has 20 N–H and O–H groups in total. The van der Waals surface area contributed by atoms with Gasteiger partial charge >= 0.3 is 0 Å². The largest absolute Gasteiger partial charge is 0.394 e. The van der Waals surface area contributed by atoms with Gasteiger partial charge in [-0.2, -0.15) is 0 Å². The molecule has 0 aromatic heterocycles. The zero-order chi connectivity index (χ0) is 37.0. The van der Waals surface area contributed by atoms with Gasteiger partial charge in [-0.05, 0) is 38.6 Å². The Morgan fingerprint density at radius 2 is 1.52 bits per heavy atom. The Morgan fingerprint density at radius 3 is 2.10 bits per heavy atom. The van der Waals surface area contributed by atoms with Crippen molar-refractivity contribution in [3.63, 3.8) is 0 Å². The number of amides is 1. The fraction of sp³-hybridized carbons (Fsp3) is 0.967. The molecule has 2 saturated heterocycles. The lowest BCUT2D eigenvalue weighted by Gasteiger charge is -2.47. The molecule has 0 bridgehead atoms. The van der Waals surface area contributed by atoms with Gasteiger partial charge in [-0.25, -0.2) is 0 Å². The number of carbonyl (C=O) groups is 1. The van der Waals surface area contributed by atoms with Gasteiger partial charge in [0.15, 0.2) is 12.6 Å². The van der Waals surface area contributed by atoms with E-state index in [4.69, 9.17) is 58.1 Å². The lowest BCUT2D eigenvalue weighted by atomic mass is 9.83. The van der Waals surface area contributed by atoms with Crippen LogP contribution in [0.5, 0.6) is 0 Å². The molecule has 292 valence electrons. The standard InChI is InChI=1S/C30H59N7O13/c1-10(18(35)23(43)20(40)12(7-32)11-2-3-11)46-27-16(9-38)48-30(25(27)45)50-28-21(41)14(37-17(39)4-5-31)6-13(34)26(28)49-29-19(36)24(44)22(42)15(8-33)47-29/h10-16,18-30,38,40-45H,2-9,31-36H2,1H3,(H,37,39)/t10-,12+,13-,14+,15+,16+,18-,19+,20+,21-,22+,23+,24+,25+,26+,27+,28+,29+,30-/m0/s1. The lowest BCUT2D eigenvalue weighted by Crippen LogP contribution is -2.68. The van der Waals surface area contributed by atoms with Crippen LogP contribution < -0.4 is 39.7 Å². The molecule has 0 aromatic rings. The molecular formula is C30H59N7O13. The number of rotatable bonds is 17. The summed E-state index contributed by atoms with van der Waals surface area (Å²) in [6.07, 6.45) is -16.9. The number of ether oxygens (including phenoxy) is 5. The predicted octanol–water partition coefficient (Wildman–Crippen LogP) is -7.70. The number of hydrogen-bond acceptors (Lipinski definition) is 19. The highest BCUT2D eigenvalue weighted by atomic mass is 16.7. The molecular weight excluding hydrogens is 666 g/mol. The Morgan fingerprint density at radius 1 is 0.880 bits per heavy atom. The van der Waals surface area contributed by atoms with Gasteiger partial charge in [-0.1, -0.05) is 0 Å². The van der Waals surface area contributed by atoms with Crippen LogP contribution in [-0.2, 0) is 28.5 Å². The third-order valence-corrected chi connectivity index (χ3v) is 10.4. The topological polar surface area (TPSA) is 373 Å². The van der Waals surface area contributed by atoms with Gasteiger partial charge in [0.2, 0.25) is 5.91 Å². The maximum Gasteiger partial charge on any atom is 0.221 e. The van der Waals surface area contributed by atoms with Crippen molar-refractivity contribution in [2.75, 3.05) is 26.2 Å². The van der Waals surface area contributed by atoms with E-state index in [0.717, 1.165) is 12.8 Å². The highest BCUT2D eigenvalue weighted by Crippen LogP contribution is 2.39. The van der Waals surface area contributed by atoms with E-state index < -0.39 is 123 Å². The van der Waals surface area contributed by atoms with Crippen molar-refractivity contribution in [2.24, 2.45) is 46.2 Å². The molecule has 50 heavy (non-hydrogen) atoms. The normalized spacial score (nSPS) is 42.4. The molecule has 20 heteroatoms. The number of hydrogen-bond donors (Lipinski definition) is 14. The second kappa shape index (κ2) is 18.2. The van der Waals surface area contributed by atoms with Crippen molar-refractivity contribution in [3.05, 3.63) is 0 Å². The molecule has 0 unspecified atom stereocenters. The van der Waals surface area contributed by atoms with E-state index in [1.54, 1.807) is 0 Å². The van der Waals surface area contributed by atoms with Gasteiger partial charge in [-0.3, -0.25) is 4.79 Å². The SMILES string of the molecule is C[C@H](O[C@H]1[C@@H](O)[C@H](O[C@@H]2[C@@H](O)[C@H](NC(=O)CCN)C[C@H](N)[C@H]2O[C@H]2O[C@H](CN)[C@@H](O)[C@H](O)[C@H]2N)O[C@@H]1CO)[C@H](N)[C@@H](O)[C@H](O)[C@H](CN)C1CC1. The van der Waals surface area contributed by atoms with E-state index in [2.05, 4.69) is 5.32 Å². The molecule has 1 amide bonds. The Kier molecular flexibility index (Phi) is 15.1. The number of nitrogens with two attached hydrogens (primary N) is 6. The zero-order valence-electron chi connectivity index (χ0n) is 28.2. The summed E-state index contributed by atoms with van der Waals surface area (Å²) < 4.78 is 29.7. The first-order valence-electron chi connectivity index (χ1n) is 17.3. The molecule has 4 fully saturated rings. The van der Waals surface area contributed by atoms with E-state index >= 15 is 0 Å². The molecule has 20 nitrogen and oxygen atoms in total. The van der Waals surface area contributed by atoms with Crippen molar-refractivity contribution in [2.45, 2.75) is 143 Å². The Bertz CT molecular complexity index is 1070. The second-order valence-electron chi connectivity index (χ2n) is 14.0. The van der Waals surface area contributed by atoms with Gasteiger partial charge < -0.3 is 99.1 Å². The van der Waals surface area contributed by atoms with Crippen LogP contribution >= 0.6 is 0 Å². The Labute approximate surface area is 290 Å². The van der Waals surface area contributed by atoms with Gasteiger partial charge in [0.25, 0.3) is 0 Å². The predicted molar refractivity (Wildman–Crippen MR) is 173 cm³/mol. The van der Waals surface area contributed by atoms with Crippen LogP contribution in [0.3, 0.4) is 0 Å². The van der Waals surface area contributed by atoms with Crippen molar-refractivity contribution in [1.29, 1.82) is 0 Å². The van der Waals surface area contributed by atoms with Gasteiger partial charge in [0.1, 0.15) is 54.9 Å². The first-order chi connectivity index (χ1) is 23.7.